The van der Waals surface area contributed by atoms with Gasteiger partial charge >= 0.3 is 0 Å². The Balaban J connectivity index is 2.45. The standard InChI is InChI=1S/C6H8O/c1-5(7)4-6-2-3-6/h4H,2-3H2,1H3. The Morgan fingerprint density at radius 3 is 2.43 bits per heavy atom. The number of carbonyl (C=O) groups excluding carboxylic acids is 1. The highest BCUT2D eigenvalue weighted by Crippen LogP contribution is 2.26. The molecule has 0 aromatic rings. The van der Waals surface area contributed by atoms with Gasteiger partial charge in [-0.25, -0.2) is 0 Å². The summed E-state index contributed by atoms with van der Waals surface area (Å²) in [5, 5.41) is 0. The van der Waals surface area contributed by atoms with E-state index in [4.69, 9.17) is 0 Å². The number of carbonyl (C=O) groups is 1. The van der Waals surface area contributed by atoms with E-state index in [2.05, 4.69) is 0 Å². The van der Waals surface area contributed by atoms with Gasteiger partial charge in [0.05, 0.1) is 0 Å². The minimum atomic E-state index is 0.188. The first kappa shape index (κ1) is 4.57. The molecule has 0 unspecified atom stereocenters. The fraction of sp³-hybridized carbons (Fsp3) is 0.500. The molecule has 0 amide bonds. The van der Waals surface area contributed by atoms with Crippen LogP contribution in [0.5, 0.6) is 0 Å². The van der Waals surface area contributed by atoms with Gasteiger partial charge in [-0.3, -0.25) is 4.79 Å². The average molecular weight is 96.1 g/mol. The lowest BCUT2D eigenvalue weighted by Crippen LogP contribution is -1.77. The number of hydrogen-bond acceptors (Lipinski definition) is 1. The lowest BCUT2D eigenvalue weighted by Gasteiger charge is -1.70. The highest BCUT2D eigenvalue weighted by Gasteiger charge is 2.10. The smallest absolute Gasteiger partial charge is 0.152 e. The summed E-state index contributed by atoms with van der Waals surface area (Å²) in [7, 11) is 0. The lowest BCUT2D eigenvalue weighted by atomic mass is 10.4. The molecule has 0 heterocycles. The molecule has 0 saturated heterocycles. The molecule has 1 heteroatoms. The summed E-state index contributed by atoms with van der Waals surface area (Å²) in [5.41, 5.74) is 1.31. The first-order valence-electron chi connectivity index (χ1n) is 2.49. The van der Waals surface area contributed by atoms with Crippen molar-refractivity contribution >= 4 is 5.78 Å². The largest absolute Gasteiger partial charge is 0.295 e. The molecule has 0 atom stereocenters. The van der Waals surface area contributed by atoms with Crippen LogP contribution in [0.2, 0.25) is 0 Å². The van der Waals surface area contributed by atoms with Gasteiger partial charge in [-0.1, -0.05) is 5.57 Å². The van der Waals surface area contributed by atoms with E-state index in [1.54, 1.807) is 13.0 Å². The third kappa shape index (κ3) is 1.53. The SMILES string of the molecule is CC(=O)C=C1CC1. The fourth-order valence-electron chi connectivity index (χ4n) is 0.504. The van der Waals surface area contributed by atoms with Gasteiger partial charge in [0.15, 0.2) is 5.78 Å². The van der Waals surface area contributed by atoms with Crippen molar-refractivity contribution in [2.75, 3.05) is 0 Å². The predicted octanol–water partition coefficient (Wildman–Crippen LogP) is 1.30. The van der Waals surface area contributed by atoms with Crippen molar-refractivity contribution < 1.29 is 4.79 Å². The Hall–Kier alpha value is -0.590. The lowest BCUT2D eigenvalue weighted by molar-refractivity contribution is -0.112. The molecule has 7 heavy (non-hydrogen) atoms. The van der Waals surface area contributed by atoms with E-state index in [1.807, 2.05) is 0 Å². The zero-order valence-electron chi connectivity index (χ0n) is 4.40. The predicted molar refractivity (Wildman–Crippen MR) is 28.0 cm³/mol. The van der Waals surface area contributed by atoms with Crippen molar-refractivity contribution in [2.24, 2.45) is 0 Å². The van der Waals surface area contributed by atoms with Gasteiger partial charge in [0.2, 0.25) is 0 Å². The maximum atomic E-state index is 10.2. The van der Waals surface area contributed by atoms with Gasteiger partial charge in [-0.05, 0) is 25.8 Å². The van der Waals surface area contributed by atoms with E-state index in [1.165, 1.54) is 5.57 Å². The number of rotatable bonds is 1. The summed E-state index contributed by atoms with van der Waals surface area (Å²) in [6.45, 7) is 1.59. The monoisotopic (exact) mass is 96.1 g/mol. The molecule has 1 aliphatic carbocycles. The summed E-state index contributed by atoms with van der Waals surface area (Å²) in [6.07, 6.45) is 4.03. The van der Waals surface area contributed by atoms with E-state index in [0.717, 1.165) is 12.8 Å². The Labute approximate surface area is 43.0 Å². The fourth-order valence-corrected chi connectivity index (χ4v) is 0.504. The normalized spacial score (nSPS) is 16.4. The third-order valence-corrected chi connectivity index (χ3v) is 0.946. The Kier molecular flexibility index (Phi) is 0.970. The molecular formula is C6H8O. The van der Waals surface area contributed by atoms with Crippen LogP contribution < -0.4 is 0 Å². The van der Waals surface area contributed by atoms with Crippen LogP contribution in [0.3, 0.4) is 0 Å². The van der Waals surface area contributed by atoms with Crippen LogP contribution in [0, 0.1) is 0 Å². The average Bonchev–Trinajstić information content (AvgIpc) is 2.17. The number of allylic oxidation sites excluding steroid dienone is 2. The second kappa shape index (κ2) is 1.49. The summed E-state index contributed by atoms with van der Waals surface area (Å²) in [6, 6.07) is 0. The summed E-state index contributed by atoms with van der Waals surface area (Å²) < 4.78 is 0. The second-order valence-electron chi connectivity index (χ2n) is 1.91. The molecule has 1 saturated carbocycles. The summed E-state index contributed by atoms with van der Waals surface area (Å²) in [5.74, 6) is 0.188. The zero-order chi connectivity index (χ0) is 5.28. The van der Waals surface area contributed by atoms with Gasteiger partial charge in [0.25, 0.3) is 0 Å². The van der Waals surface area contributed by atoms with Crippen LogP contribution in [0.1, 0.15) is 19.8 Å². The first-order valence-corrected chi connectivity index (χ1v) is 2.49. The molecule has 0 aromatic heterocycles. The van der Waals surface area contributed by atoms with Gasteiger partial charge in [0.1, 0.15) is 0 Å². The molecule has 1 nitrogen and oxygen atoms in total. The number of ketones is 1. The molecule has 0 radical (unpaired) electrons. The first-order chi connectivity index (χ1) is 3.29. The molecule has 1 aliphatic rings. The molecule has 38 valence electrons. The van der Waals surface area contributed by atoms with Crippen LogP contribution >= 0.6 is 0 Å². The highest BCUT2D eigenvalue weighted by molar-refractivity contribution is 5.88. The minimum absolute atomic E-state index is 0.188. The van der Waals surface area contributed by atoms with Gasteiger partial charge < -0.3 is 0 Å². The minimum Gasteiger partial charge on any atom is -0.295 e. The Morgan fingerprint density at radius 2 is 2.29 bits per heavy atom. The molecule has 1 fully saturated rings. The van der Waals surface area contributed by atoms with Crippen LogP contribution in [-0.4, -0.2) is 5.78 Å². The Morgan fingerprint density at radius 1 is 1.71 bits per heavy atom. The molecule has 0 aliphatic heterocycles. The van der Waals surface area contributed by atoms with Crippen LogP contribution in [0.25, 0.3) is 0 Å². The van der Waals surface area contributed by atoms with Crippen molar-refractivity contribution in [3.8, 4) is 0 Å². The zero-order valence-corrected chi connectivity index (χ0v) is 4.40. The van der Waals surface area contributed by atoms with Crippen LogP contribution in [-0.2, 0) is 4.79 Å². The highest BCUT2D eigenvalue weighted by atomic mass is 16.1. The van der Waals surface area contributed by atoms with Gasteiger partial charge in [-0.2, -0.15) is 0 Å². The topological polar surface area (TPSA) is 17.1 Å². The van der Waals surface area contributed by atoms with Crippen LogP contribution in [0.4, 0.5) is 0 Å². The van der Waals surface area contributed by atoms with Gasteiger partial charge in [0, 0.05) is 0 Å². The van der Waals surface area contributed by atoms with E-state index in [9.17, 15) is 4.79 Å². The van der Waals surface area contributed by atoms with Gasteiger partial charge in [-0.15, -0.1) is 0 Å². The van der Waals surface area contributed by atoms with Crippen molar-refractivity contribution in [1.29, 1.82) is 0 Å². The van der Waals surface area contributed by atoms with Crippen molar-refractivity contribution in [2.45, 2.75) is 19.8 Å². The van der Waals surface area contributed by atoms with Crippen molar-refractivity contribution in [1.82, 2.24) is 0 Å². The van der Waals surface area contributed by atoms with Crippen LogP contribution in [0.15, 0.2) is 11.6 Å². The maximum Gasteiger partial charge on any atom is 0.152 e. The van der Waals surface area contributed by atoms with E-state index < -0.39 is 0 Å². The second-order valence-corrected chi connectivity index (χ2v) is 1.91. The van der Waals surface area contributed by atoms with Crippen molar-refractivity contribution in [3.05, 3.63) is 11.6 Å². The Bertz CT molecular complexity index is 116. The molecule has 0 aromatic carbocycles. The van der Waals surface area contributed by atoms with E-state index >= 15 is 0 Å². The molecule has 0 N–H and O–H groups in total. The molecule has 0 bridgehead atoms. The molecule has 0 spiro atoms. The quantitative estimate of drug-likeness (QED) is 0.449. The summed E-state index contributed by atoms with van der Waals surface area (Å²) >= 11 is 0. The third-order valence-electron chi connectivity index (χ3n) is 0.946. The molecule has 1 rings (SSSR count). The maximum absolute atomic E-state index is 10.2. The molecular weight excluding hydrogens is 88.1 g/mol. The summed E-state index contributed by atoms with van der Waals surface area (Å²) in [4.78, 5) is 10.2. The van der Waals surface area contributed by atoms with Crippen molar-refractivity contribution in [3.63, 3.8) is 0 Å². The van der Waals surface area contributed by atoms with E-state index in [0.29, 0.717) is 0 Å². The number of hydrogen-bond donors (Lipinski definition) is 0. The van der Waals surface area contributed by atoms with E-state index in [-0.39, 0.29) is 5.78 Å².